The number of nitrogens with zero attached hydrogens (tertiary/aromatic N) is 1. The number of aliphatic carboxylic acids is 1. The van der Waals surface area contributed by atoms with Gasteiger partial charge in [-0.3, -0.25) is 14.5 Å². The zero-order valence-electron chi connectivity index (χ0n) is 18.9. The largest absolute Gasteiger partial charge is 0.478 e. The molecule has 1 heterocycles. The normalized spacial score (nSPS) is 19.9. The van der Waals surface area contributed by atoms with Crippen molar-refractivity contribution < 1.29 is 39.2 Å². The monoisotopic (exact) mass is 497 g/mol. The van der Waals surface area contributed by atoms with Gasteiger partial charge in [-0.25, -0.2) is 9.59 Å². The van der Waals surface area contributed by atoms with Crippen LogP contribution in [0.1, 0.15) is 45.0 Å². The minimum absolute atomic E-state index is 0.00173. The van der Waals surface area contributed by atoms with Crippen LogP contribution in [0.25, 0.3) is 0 Å². The molecule has 180 valence electrons. The number of carbonyl (C=O) groups is 4. The maximum absolute atomic E-state index is 12.8. The third-order valence-electron chi connectivity index (χ3n) is 4.69. The highest BCUT2D eigenvalue weighted by atomic mass is 32.2. The number of benzene rings is 1. The van der Waals surface area contributed by atoms with Crippen LogP contribution in [0, 0.1) is 11.3 Å². The molecule has 3 N–H and O–H groups in total. The number of β-lactam (4-membered cyclic amide) rings is 1. The molecular formula is C22H27NO8S2. The summed E-state index contributed by atoms with van der Waals surface area (Å²) in [6, 6.07) is 5.22. The van der Waals surface area contributed by atoms with E-state index in [0.717, 1.165) is 4.90 Å². The van der Waals surface area contributed by atoms with E-state index in [1.54, 1.807) is 20.8 Å². The van der Waals surface area contributed by atoms with Crippen LogP contribution in [-0.2, 0) is 14.4 Å². The number of hydrogen-bond donors (Lipinski definition) is 3. The molecule has 1 amide bonds. The maximum Gasteiger partial charge on any atom is 0.357 e. The second-order valence-corrected chi connectivity index (χ2v) is 10.7. The Morgan fingerprint density at radius 1 is 1.15 bits per heavy atom. The molecular weight excluding hydrogens is 470 g/mol. The second-order valence-electron chi connectivity index (χ2n) is 8.33. The molecule has 0 unspecified atom stereocenters. The summed E-state index contributed by atoms with van der Waals surface area (Å²) in [5, 5.41) is 27.7. The predicted octanol–water partition coefficient (Wildman–Crippen LogP) is 3.24. The first-order chi connectivity index (χ1) is 15.3. The summed E-state index contributed by atoms with van der Waals surface area (Å²) in [5.74, 6) is -3.33. The molecule has 1 aromatic rings. The Kier molecular flexibility index (Phi) is 8.61. The SMILES string of the molecule is CCS[C@@H]1[C@@H]([C@@H](C)O)C(=O)N1C(C(=O)O)=C(Oc1ccc(C(=O)O)cc1)SC(=O)C(C)(C)C. The Labute approximate surface area is 200 Å². The summed E-state index contributed by atoms with van der Waals surface area (Å²) in [6.07, 6.45) is -0.982. The van der Waals surface area contributed by atoms with E-state index in [1.165, 1.54) is 43.0 Å². The van der Waals surface area contributed by atoms with E-state index in [2.05, 4.69) is 0 Å². The lowest BCUT2D eigenvalue weighted by atomic mass is 9.92. The van der Waals surface area contributed by atoms with E-state index in [0.29, 0.717) is 17.5 Å². The second kappa shape index (κ2) is 10.6. The number of rotatable bonds is 9. The van der Waals surface area contributed by atoms with Crippen LogP contribution < -0.4 is 4.74 Å². The lowest BCUT2D eigenvalue weighted by Gasteiger charge is -2.47. The Balaban J connectivity index is 2.58. The van der Waals surface area contributed by atoms with Crippen LogP contribution in [0.3, 0.4) is 0 Å². The molecule has 33 heavy (non-hydrogen) atoms. The van der Waals surface area contributed by atoms with E-state index in [-0.39, 0.29) is 16.4 Å². The van der Waals surface area contributed by atoms with Crippen molar-refractivity contribution in [3.05, 3.63) is 40.6 Å². The summed E-state index contributed by atoms with van der Waals surface area (Å²) in [7, 11) is 0. The van der Waals surface area contributed by atoms with Gasteiger partial charge in [0.1, 0.15) is 5.75 Å². The van der Waals surface area contributed by atoms with E-state index in [1.807, 2.05) is 6.92 Å². The molecule has 1 saturated heterocycles. The average molecular weight is 498 g/mol. The maximum atomic E-state index is 12.8. The molecule has 9 nitrogen and oxygen atoms in total. The number of aromatic carboxylic acids is 1. The van der Waals surface area contributed by atoms with Crippen molar-refractivity contribution >= 4 is 46.5 Å². The van der Waals surface area contributed by atoms with Gasteiger partial charge < -0.3 is 20.1 Å². The number of carboxylic acid groups (broad SMARTS) is 2. The molecule has 2 rings (SSSR count). The standard InChI is InChI=1S/C22H27NO8S2/c1-6-32-17-14(11(2)24)16(25)23(17)15(19(28)29)20(33-21(30)22(3,4)5)31-13-9-7-12(8-10-13)18(26)27/h7-11,14,17,24H,6H2,1-5H3,(H,26,27)(H,28,29)/t11-,14+,17-/m1/s1. The van der Waals surface area contributed by atoms with Crippen molar-refractivity contribution in [2.75, 3.05) is 5.75 Å². The topological polar surface area (TPSA) is 141 Å². The Hall–Kier alpha value is -2.50. The van der Waals surface area contributed by atoms with Gasteiger partial charge in [0.05, 0.1) is 23.0 Å². The Morgan fingerprint density at radius 2 is 1.73 bits per heavy atom. The molecule has 0 aliphatic carbocycles. The summed E-state index contributed by atoms with van der Waals surface area (Å²) < 4.78 is 5.75. The Bertz CT molecular complexity index is 966. The number of ether oxygens (including phenoxy) is 1. The van der Waals surface area contributed by atoms with Crippen LogP contribution >= 0.6 is 23.5 Å². The number of likely N-dealkylation sites (tertiary alicyclic amines) is 1. The molecule has 1 fully saturated rings. The van der Waals surface area contributed by atoms with Gasteiger partial charge in [0.2, 0.25) is 11.0 Å². The molecule has 0 saturated carbocycles. The lowest BCUT2D eigenvalue weighted by Crippen LogP contribution is -2.63. The number of amides is 1. The fraction of sp³-hybridized carbons (Fsp3) is 0.455. The highest BCUT2D eigenvalue weighted by Crippen LogP contribution is 2.43. The quantitative estimate of drug-likeness (QED) is 0.264. The van der Waals surface area contributed by atoms with Crippen molar-refractivity contribution in [3.63, 3.8) is 0 Å². The Morgan fingerprint density at radius 3 is 2.15 bits per heavy atom. The highest BCUT2D eigenvalue weighted by molar-refractivity contribution is 8.16. The number of aliphatic hydroxyl groups excluding tert-OH is 1. The van der Waals surface area contributed by atoms with Gasteiger partial charge in [0.25, 0.3) is 0 Å². The molecule has 0 aromatic heterocycles. The third-order valence-corrected chi connectivity index (χ3v) is 7.13. The summed E-state index contributed by atoms with van der Waals surface area (Å²) in [5.41, 5.74) is -1.34. The number of aliphatic hydroxyl groups is 1. The van der Waals surface area contributed by atoms with Crippen LogP contribution in [0.15, 0.2) is 35.1 Å². The first-order valence-electron chi connectivity index (χ1n) is 10.1. The van der Waals surface area contributed by atoms with Gasteiger partial charge in [0, 0.05) is 5.41 Å². The molecule has 0 spiro atoms. The van der Waals surface area contributed by atoms with Crippen molar-refractivity contribution in [1.29, 1.82) is 0 Å². The van der Waals surface area contributed by atoms with E-state index in [9.17, 15) is 29.4 Å². The van der Waals surface area contributed by atoms with Crippen LogP contribution in [0.2, 0.25) is 0 Å². The number of hydrogen-bond acceptors (Lipinski definition) is 8. The minimum Gasteiger partial charge on any atom is -0.478 e. The molecule has 0 bridgehead atoms. The van der Waals surface area contributed by atoms with Crippen LogP contribution in [0.4, 0.5) is 0 Å². The summed E-state index contributed by atoms with van der Waals surface area (Å²) in [4.78, 5) is 50.0. The number of carbonyl (C=O) groups excluding carboxylic acids is 2. The van der Waals surface area contributed by atoms with Crippen LogP contribution in [0.5, 0.6) is 5.75 Å². The van der Waals surface area contributed by atoms with E-state index in [4.69, 9.17) is 9.84 Å². The van der Waals surface area contributed by atoms with Crippen molar-refractivity contribution in [2.45, 2.75) is 46.1 Å². The molecule has 0 radical (unpaired) electrons. The van der Waals surface area contributed by atoms with Gasteiger partial charge in [-0.2, -0.15) is 0 Å². The first-order valence-corrected chi connectivity index (χ1v) is 12.0. The zero-order chi connectivity index (χ0) is 25.1. The fourth-order valence-electron chi connectivity index (χ4n) is 2.93. The van der Waals surface area contributed by atoms with Gasteiger partial charge in [-0.1, -0.05) is 27.7 Å². The van der Waals surface area contributed by atoms with Crippen molar-refractivity contribution in [3.8, 4) is 5.75 Å². The average Bonchev–Trinajstić information content (AvgIpc) is 2.70. The van der Waals surface area contributed by atoms with Gasteiger partial charge in [-0.05, 0) is 48.7 Å². The van der Waals surface area contributed by atoms with Crippen LogP contribution in [-0.4, -0.2) is 60.4 Å². The number of thioether (sulfide) groups is 2. The first kappa shape index (κ1) is 26.7. The smallest absolute Gasteiger partial charge is 0.357 e. The molecule has 1 aliphatic rings. The summed E-state index contributed by atoms with van der Waals surface area (Å²) in [6.45, 7) is 8.29. The molecule has 1 aliphatic heterocycles. The summed E-state index contributed by atoms with van der Waals surface area (Å²) >= 11 is 1.86. The lowest BCUT2D eigenvalue weighted by molar-refractivity contribution is -0.157. The van der Waals surface area contributed by atoms with E-state index >= 15 is 0 Å². The minimum atomic E-state index is -1.47. The zero-order valence-corrected chi connectivity index (χ0v) is 20.5. The molecule has 3 atom stereocenters. The van der Waals surface area contributed by atoms with Gasteiger partial charge in [-0.15, -0.1) is 11.8 Å². The fourth-order valence-corrected chi connectivity index (χ4v) is 5.08. The molecule has 1 aromatic carbocycles. The highest BCUT2D eigenvalue weighted by Gasteiger charge is 2.54. The van der Waals surface area contributed by atoms with Gasteiger partial charge >= 0.3 is 11.9 Å². The van der Waals surface area contributed by atoms with Gasteiger partial charge in [0.15, 0.2) is 10.8 Å². The van der Waals surface area contributed by atoms with E-state index < -0.39 is 51.5 Å². The third kappa shape index (κ3) is 6.10. The molecule has 11 heteroatoms. The van der Waals surface area contributed by atoms with Crippen molar-refractivity contribution in [1.82, 2.24) is 4.90 Å². The predicted molar refractivity (Wildman–Crippen MR) is 125 cm³/mol. The van der Waals surface area contributed by atoms with Crippen molar-refractivity contribution in [2.24, 2.45) is 11.3 Å². The number of carboxylic acids is 2.